The number of hydrogen-bond donors (Lipinski definition) is 0. The first-order chi connectivity index (χ1) is 9.83. The molecule has 0 radical (unpaired) electrons. The van der Waals surface area contributed by atoms with Gasteiger partial charge in [0.15, 0.2) is 0 Å². The lowest BCUT2D eigenvalue weighted by Gasteiger charge is -2.32. The van der Waals surface area contributed by atoms with Gasteiger partial charge in [-0.3, -0.25) is 4.79 Å². The molecular weight excluding hydrogens is 274 g/mol. The van der Waals surface area contributed by atoms with Gasteiger partial charge >= 0.3 is 0 Å². The third kappa shape index (κ3) is 3.40. The number of thiophene rings is 1. The average Bonchev–Trinajstić information content (AvgIpc) is 3.18. The highest BCUT2D eigenvalue weighted by Gasteiger charge is 2.26. The van der Waals surface area contributed by atoms with Gasteiger partial charge in [-0.05, 0) is 30.7 Å². The molecule has 1 amide bonds. The second-order valence-corrected chi connectivity index (χ2v) is 6.37. The maximum Gasteiger partial charge on any atom is 0.222 e. The minimum absolute atomic E-state index is 0.0513. The largest absolute Gasteiger partial charge is 0.378 e. The van der Waals surface area contributed by atoms with E-state index in [2.05, 4.69) is 11.4 Å². The Morgan fingerprint density at radius 2 is 2.35 bits per heavy atom. The summed E-state index contributed by atoms with van der Waals surface area (Å²) in [6.45, 7) is 2.89. The Balaban J connectivity index is 1.49. The number of hydrogen-bond acceptors (Lipinski definition) is 4. The molecule has 20 heavy (non-hydrogen) atoms. The minimum Gasteiger partial charge on any atom is -0.378 e. The number of amides is 1. The quantitative estimate of drug-likeness (QED) is 0.857. The van der Waals surface area contributed by atoms with Gasteiger partial charge in [0.2, 0.25) is 5.91 Å². The summed E-state index contributed by atoms with van der Waals surface area (Å²) in [6.07, 6.45) is 4.05. The van der Waals surface area contributed by atoms with Crippen LogP contribution < -0.4 is 0 Å². The molecule has 3 heterocycles. The Bertz CT molecular complexity index is 428. The topological polar surface area (TPSA) is 38.8 Å². The van der Waals surface area contributed by atoms with Crippen molar-refractivity contribution in [1.82, 2.24) is 4.90 Å². The zero-order valence-corrected chi connectivity index (χ0v) is 12.4. The normalized spacial score (nSPS) is 26.9. The maximum absolute atomic E-state index is 12.3. The van der Waals surface area contributed by atoms with Crippen molar-refractivity contribution in [3.05, 3.63) is 22.4 Å². The SMILES string of the molecule is O=C(CCC1CCCO1)N1CCOC(c2cccs2)C1. The second kappa shape index (κ2) is 6.70. The van der Waals surface area contributed by atoms with Gasteiger partial charge in [-0.25, -0.2) is 0 Å². The lowest BCUT2D eigenvalue weighted by molar-refractivity contribution is -0.139. The summed E-state index contributed by atoms with van der Waals surface area (Å²) >= 11 is 1.69. The Labute approximate surface area is 123 Å². The molecular formula is C15H21NO3S. The monoisotopic (exact) mass is 295 g/mol. The van der Waals surface area contributed by atoms with Crippen LogP contribution in [0.5, 0.6) is 0 Å². The van der Waals surface area contributed by atoms with Gasteiger partial charge in [-0.2, -0.15) is 0 Å². The first-order valence-electron chi connectivity index (χ1n) is 7.37. The van der Waals surface area contributed by atoms with E-state index in [0.29, 0.717) is 32.2 Å². The van der Waals surface area contributed by atoms with Crippen molar-refractivity contribution in [3.8, 4) is 0 Å². The summed E-state index contributed by atoms with van der Waals surface area (Å²) in [7, 11) is 0. The smallest absolute Gasteiger partial charge is 0.222 e. The van der Waals surface area contributed by atoms with Crippen LogP contribution in [0.3, 0.4) is 0 Å². The molecule has 0 aromatic carbocycles. The van der Waals surface area contributed by atoms with Crippen molar-refractivity contribution >= 4 is 17.2 Å². The van der Waals surface area contributed by atoms with E-state index in [1.54, 1.807) is 11.3 Å². The molecule has 3 rings (SSSR count). The van der Waals surface area contributed by atoms with E-state index < -0.39 is 0 Å². The van der Waals surface area contributed by atoms with Gasteiger partial charge < -0.3 is 14.4 Å². The summed E-state index contributed by atoms with van der Waals surface area (Å²) in [5.74, 6) is 0.241. The molecule has 2 aliphatic heterocycles. The van der Waals surface area contributed by atoms with Crippen molar-refractivity contribution in [3.63, 3.8) is 0 Å². The number of ether oxygens (including phenoxy) is 2. The molecule has 0 saturated carbocycles. The fourth-order valence-corrected chi connectivity index (χ4v) is 3.60. The molecule has 5 heteroatoms. The van der Waals surface area contributed by atoms with E-state index in [-0.39, 0.29) is 12.0 Å². The van der Waals surface area contributed by atoms with Crippen LogP contribution in [0.4, 0.5) is 0 Å². The summed E-state index contributed by atoms with van der Waals surface area (Å²) in [4.78, 5) is 15.4. The van der Waals surface area contributed by atoms with Crippen molar-refractivity contribution < 1.29 is 14.3 Å². The number of morpholine rings is 1. The molecule has 0 aliphatic carbocycles. The molecule has 2 fully saturated rings. The third-order valence-corrected chi connectivity index (χ3v) is 4.95. The highest BCUT2D eigenvalue weighted by atomic mass is 32.1. The molecule has 0 spiro atoms. The van der Waals surface area contributed by atoms with Crippen LogP contribution in [0, 0.1) is 0 Å². The number of carbonyl (C=O) groups excluding carboxylic acids is 1. The van der Waals surface area contributed by atoms with E-state index in [9.17, 15) is 4.79 Å². The van der Waals surface area contributed by atoms with Gasteiger partial charge in [-0.15, -0.1) is 11.3 Å². The lowest BCUT2D eigenvalue weighted by atomic mass is 10.1. The van der Waals surface area contributed by atoms with Crippen molar-refractivity contribution in [2.45, 2.75) is 37.9 Å². The number of carbonyl (C=O) groups is 1. The highest BCUT2D eigenvalue weighted by molar-refractivity contribution is 7.10. The number of nitrogens with zero attached hydrogens (tertiary/aromatic N) is 1. The molecule has 0 bridgehead atoms. The van der Waals surface area contributed by atoms with Gasteiger partial charge in [0.25, 0.3) is 0 Å². The Hall–Kier alpha value is -0.910. The van der Waals surface area contributed by atoms with E-state index >= 15 is 0 Å². The predicted octanol–water partition coefficient (Wildman–Crippen LogP) is 2.61. The molecule has 2 aliphatic rings. The van der Waals surface area contributed by atoms with Crippen LogP contribution in [0.15, 0.2) is 17.5 Å². The Morgan fingerprint density at radius 3 is 3.10 bits per heavy atom. The van der Waals surface area contributed by atoms with E-state index in [1.165, 1.54) is 4.88 Å². The minimum atomic E-state index is 0.0513. The fourth-order valence-electron chi connectivity index (χ4n) is 2.84. The van der Waals surface area contributed by atoms with Gasteiger partial charge in [0, 0.05) is 24.4 Å². The molecule has 2 saturated heterocycles. The first kappa shape index (κ1) is 14.0. The molecule has 0 N–H and O–H groups in total. The zero-order chi connectivity index (χ0) is 13.8. The maximum atomic E-state index is 12.3. The zero-order valence-electron chi connectivity index (χ0n) is 11.6. The lowest BCUT2D eigenvalue weighted by Crippen LogP contribution is -2.42. The summed E-state index contributed by atoms with van der Waals surface area (Å²) in [6, 6.07) is 4.11. The van der Waals surface area contributed by atoms with Crippen LogP contribution in [0.25, 0.3) is 0 Å². The van der Waals surface area contributed by atoms with Crippen LogP contribution in [0.2, 0.25) is 0 Å². The molecule has 4 nitrogen and oxygen atoms in total. The van der Waals surface area contributed by atoms with Crippen LogP contribution >= 0.6 is 11.3 Å². The van der Waals surface area contributed by atoms with Crippen LogP contribution in [-0.4, -0.2) is 43.2 Å². The van der Waals surface area contributed by atoms with Gasteiger partial charge in [0.1, 0.15) is 6.10 Å². The van der Waals surface area contributed by atoms with Crippen LogP contribution in [-0.2, 0) is 14.3 Å². The van der Waals surface area contributed by atoms with Gasteiger partial charge in [0.05, 0.1) is 19.3 Å². The highest BCUT2D eigenvalue weighted by Crippen LogP contribution is 2.26. The summed E-state index contributed by atoms with van der Waals surface area (Å²) in [5.41, 5.74) is 0. The van der Waals surface area contributed by atoms with Crippen molar-refractivity contribution in [1.29, 1.82) is 0 Å². The first-order valence-corrected chi connectivity index (χ1v) is 8.25. The molecule has 2 unspecified atom stereocenters. The third-order valence-electron chi connectivity index (χ3n) is 3.98. The van der Waals surface area contributed by atoms with Gasteiger partial charge in [-0.1, -0.05) is 6.07 Å². The molecule has 2 atom stereocenters. The van der Waals surface area contributed by atoms with Crippen LogP contribution in [0.1, 0.15) is 36.7 Å². The average molecular weight is 295 g/mol. The second-order valence-electron chi connectivity index (χ2n) is 5.39. The molecule has 110 valence electrons. The summed E-state index contributed by atoms with van der Waals surface area (Å²) < 4.78 is 11.3. The van der Waals surface area contributed by atoms with E-state index in [0.717, 1.165) is 25.9 Å². The summed E-state index contributed by atoms with van der Waals surface area (Å²) in [5, 5.41) is 2.05. The standard InChI is InChI=1S/C15H21NO3S/c17-15(6-5-12-3-1-8-18-12)16-7-9-19-13(11-16)14-4-2-10-20-14/h2,4,10,12-13H,1,3,5-9,11H2. The Kier molecular flexibility index (Phi) is 4.70. The fraction of sp³-hybridized carbons (Fsp3) is 0.667. The van der Waals surface area contributed by atoms with E-state index in [1.807, 2.05) is 11.0 Å². The molecule has 1 aromatic heterocycles. The van der Waals surface area contributed by atoms with Crippen molar-refractivity contribution in [2.75, 3.05) is 26.3 Å². The number of rotatable bonds is 4. The van der Waals surface area contributed by atoms with Crippen molar-refractivity contribution in [2.24, 2.45) is 0 Å². The van der Waals surface area contributed by atoms with E-state index in [4.69, 9.17) is 9.47 Å². The molecule has 1 aromatic rings. The Morgan fingerprint density at radius 1 is 1.40 bits per heavy atom. The predicted molar refractivity (Wildman–Crippen MR) is 77.8 cm³/mol.